The second-order valence-electron chi connectivity index (χ2n) is 17.2. The van der Waals surface area contributed by atoms with E-state index in [9.17, 15) is 53.3 Å². The van der Waals surface area contributed by atoms with E-state index < -0.39 is 59.1 Å². The van der Waals surface area contributed by atoms with Crippen molar-refractivity contribution in [1.29, 1.82) is 0 Å². The number of nitrogens with one attached hydrogen (secondary N) is 1. The Bertz CT molecular complexity index is 2750. The fraction of sp³-hybridized carbons (Fsp3) is 0.455. The highest BCUT2D eigenvalue weighted by atomic mass is 32.2. The molecule has 21 heteroatoms. The first-order chi connectivity index (χ1) is 30.3. The zero-order chi connectivity index (χ0) is 48.0. The van der Waals surface area contributed by atoms with Crippen molar-refractivity contribution < 1.29 is 62.4 Å². The van der Waals surface area contributed by atoms with Gasteiger partial charge in [0, 0.05) is 80.2 Å². The Hall–Kier alpha value is -5.03. The van der Waals surface area contributed by atoms with Crippen molar-refractivity contribution in [2.75, 3.05) is 62.8 Å². The topological polar surface area (TPSA) is 258 Å². The lowest BCUT2D eigenvalue weighted by Gasteiger charge is -2.30. The number of rotatable bonds is 21. The van der Waals surface area contributed by atoms with Gasteiger partial charge in [0.05, 0.1) is 22.5 Å². The predicted octanol–water partition coefficient (Wildman–Crippen LogP) is 3.79. The van der Waals surface area contributed by atoms with E-state index in [1.807, 2.05) is 40.7 Å². The van der Waals surface area contributed by atoms with Crippen LogP contribution in [-0.4, -0.2) is 119 Å². The van der Waals surface area contributed by atoms with Crippen molar-refractivity contribution >= 4 is 59.8 Å². The second-order valence-corrected chi connectivity index (χ2v) is 21.7. The summed E-state index contributed by atoms with van der Waals surface area (Å²) >= 11 is 0. The molecule has 0 saturated heterocycles. The Morgan fingerprint density at radius 1 is 0.877 bits per heavy atom. The Labute approximate surface area is 379 Å². The molecule has 0 fully saturated rings. The van der Waals surface area contributed by atoms with Crippen molar-refractivity contribution in [1.82, 2.24) is 14.8 Å². The van der Waals surface area contributed by atoms with E-state index in [2.05, 4.69) is 26.1 Å². The molecule has 3 heterocycles. The number of methoxy groups -OCH3 is 1. The van der Waals surface area contributed by atoms with Crippen LogP contribution in [0.15, 0.2) is 81.8 Å². The van der Waals surface area contributed by atoms with E-state index in [1.54, 1.807) is 25.3 Å². The minimum atomic E-state index is -4.66. The molecule has 0 aromatic heterocycles. The molecule has 4 N–H and O–H groups in total. The van der Waals surface area contributed by atoms with Crippen LogP contribution in [-0.2, 0) is 60.3 Å². The molecule has 18 nitrogen and oxygen atoms in total. The summed E-state index contributed by atoms with van der Waals surface area (Å²) in [4.78, 5) is 39.3. The van der Waals surface area contributed by atoms with Crippen molar-refractivity contribution in [3.05, 3.63) is 94.7 Å². The van der Waals surface area contributed by atoms with Crippen molar-refractivity contribution in [2.24, 2.45) is 0 Å². The summed E-state index contributed by atoms with van der Waals surface area (Å²) in [5.74, 6) is -1.25. The molecule has 1 atom stereocenters. The van der Waals surface area contributed by atoms with Gasteiger partial charge in [-0.25, -0.2) is 4.58 Å². The minimum absolute atomic E-state index is 0.00787. The van der Waals surface area contributed by atoms with Gasteiger partial charge in [-0.2, -0.15) is 25.3 Å². The van der Waals surface area contributed by atoms with E-state index in [0.717, 1.165) is 33.5 Å². The molecule has 354 valence electrons. The Balaban J connectivity index is 1.55. The Morgan fingerprint density at radius 3 is 2.18 bits per heavy atom. The van der Waals surface area contributed by atoms with Gasteiger partial charge < -0.3 is 19.4 Å². The molecule has 1 aromatic rings. The maximum absolute atomic E-state index is 13.0. The third-order valence-corrected chi connectivity index (χ3v) is 13.7. The molecule has 5 rings (SSSR count). The van der Waals surface area contributed by atoms with E-state index in [0.29, 0.717) is 48.2 Å². The lowest BCUT2D eigenvalue weighted by atomic mass is 9.77. The molecular formula is C44H57N4O14S3+. The molecule has 0 bridgehead atoms. The van der Waals surface area contributed by atoms with Crippen LogP contribution in [0.2, 0.25) is 0 Å². The molecule has 1 aliphatic carbocycles. The van der Waals surface area contributed by atoms with Gasteiger partial charge in [-0.15, -0.1) is 0 Å². The summed E-state index contributed by atoms with van der Waals surface area (Å²) in [6.07, 6.45) is 8.30. The molecule has 0 radical (unpaired) electrons. The van der Waals surface area contributed by atoms with Crippen LogP contribution in [0.4, 0.5) is 5.69 Å². The summed E-state index contributed by atoms with van der Waals surface area (Å²) in [5.41, 5.74) is 2.05. The zero-order valence-electron chi connectivity index (χ0n) is 37.0. The molecule has 4 aliphatic rings. The third-order valence-electron chi connectivity index (χ3n) is 11.3. The third kappa shape index (κ3) is 13.5. The number of nitrogens with zero attached hydrogens (tertiary/aromatic N) is 3. The number of benzene rings is 2. The molecular weight excluding hydrogens is 905 g/mol. The standard InChI is InChI=1S/C44H56N4O14S3/c1-43(2,3)35-29-32(62-38-28-31(13-15-34(35)38)46(24-25-61-5)21-8-26-63(52,53)54)10-6-11-39-44(4,19-7-12-40(49)45-20-23-48-41(50)17-18-42(48)51)36-30-33(65(58,59)60)14-16-37(36)47(39)22-9-27-64(55,56)57/h6,10-11,13-18,28-30H,7-9,12,19-27H2,1-5H3,(H3-,45,49,52,53,54,55,56,57,58,59,60)/p+1. The van der Waals surface area contributed by atoms with Crippen molar-refractivity contribution in [3.8, 4) is 11.3 Å². The summed E-state index contributed by atoms with van der Waals surface area (Å²) < 4.78 is 114. The first-order valence-corrected chi connectivity index (χ1v) is 25.6. The van der Waals surface area contributed by atoms with Gasteiger partial charge in [0.2, 0.25) is 11.3 Å². The van der Waals surface area contributed by atoms with Crippen molar-refractivity contribution in [3.63, 3.8) is 0 Å². The molecule has 3 aliphatic heterocycles. The van der Waals surface area contributed by atoms with Gasteiger partial charge in [0.15, 0.2) is 6.54 Å². The van der Waals surface area contributed by atoms with Gasteiger partial charge in [0.25, 0.3) is 42.2 Å². The lowest BCUT2D eigenvalue weighted by molar-refractivity contribution is -0.137. The number of ether oxygens (including phenoxy) is 1. The summed E-state index contributed by atoms with van der Waals surface area (Å²) in [7, 11) is -11.6. The van der Waals surface area contributed by atoms with Crippen LogP contribution in [0.5, 0.6) is 0 Å². The largest absolute Gasteiger partial charge is 0.456 e. The molecule has 65 heavy (non-hydrogen) atoms. The fourth-order valence-corrected chi connectivity index (χ4v) is 9.58. The Kier molecular flexibility index (Phi) is 16.2. The smallest absolute Gasteiger partial charge is 0.294 e. The number of anilines is 1. The van der Waals surface area contributed by atoms with E-state index in [1.165, 1.54) is 18.2 Å². The highest BCUT2D eigenvalue weighted by Gasteiger charge is 2.43. The van der Waals surface area contributed by atoms with Gasteiger partial charge in [-0.05, 0) is 85.2 Å². The number of carbonyl (C=O) groups excluding carboxylic acids is 3. The molecule has 1 aromatic carbocycles. The number of hydrogen-bond donors (Lipinski definition) is 4. The maximum atomic E-state index is 13.0. The average Bonchev–Trinajstić information content (AvgIpc) is 3.64. The van der Waals surface area contributed by atoms with Crippen molar-refractivity contribution in [2.45, 2.75) is 75.5 Å². The highest BCUT2D eigenvalue weighted by Crippen LogP contribution is 2.51. The van der Waals surface area contributed by atoms with Gasteiger partial charge in [-0.3, -0.25) is 32.9 Å². The highest BCUT2D eigenvalue weighted by molar-refractivity contribution is 7.86. The van der Waals surface area contributed by atoms with Gasteiger partial charge >= 0.3 is 0 Å². The summed E-state index contributed by atoms with van der Waals surface area (Å²) in [5, 5.41) is 3.46. The van der Waals surface area contributed by atoms with Crippen LogP contribution in [0.25, 0.3) is 17.4 Å². The number of amides is 3. The first-order valence-electron chi connectivity index (χ1n) is 20.9. The number of fused-ring (bicyclic) bond motifs is 2. The number of carbonyl (C=O) groups is 3. The molecule has 1 unspecified atom stereocenters. The summed E-state index contributed by atoms with van der Waals surface area (Å²) in [6.45, 7) is 9.25. The van der Waals surface area contributed by atoms with Crippen LogP contribution in [0, 0.1) is 0 Å². The molecule has 0 saturated carbocycles. The van der Waals surface area contributed by atoms with E-state index in [-0.39, 0.29) is 68.0 Å². The minimum Gasteiger partial charge on any atom is -0.456 e. The quantitative estimate of drug-likeness (QED) is 0.0673. The normalized spacial score (nSPS) is 18.1. The second kappa shape index (κ2) is 20.6. The lowest BCUT2D eigenvalue weighted by Crippen LogP contribution is -2.38. The van der Waals surface area contributed by atoms with E-state index in [4.69, 9.17) is 9.15 Å². The molecule has 3 amide bonds. The van der Waals surface area contributed by atoms with Crippen LogP contribution in [0.1, 0.15) is 76.7 Å². The predicted molar refractivity (Wildman–Crippen MR) is 244 cm³/mol. The summed E-state index contributed by atoms with van der Waals surface area (Å²) in [6, 6.07) is 11.7. The van der Waals surface area contributed by atoms with Crippen LogP contribution < -0.4 is 20.1 Å². The number of hydrogen-bond acceptors (Lipinski definition) is 12. The van der Waals surface area contributed by atoms with Gasteiger partial charge in [-0.1, -0.05) is 26.8 Å². The van der Waals surface area contributed by atoms with Crippen LogP contribution >= 0.6 is 0 Å². The molecule has 0 spiro atoms. The van der Waals surface area contributed by atoms with E-state index >= 15 is 0 Å². The zero-order valence-corrected chi connectivity index (χ0v) is 39.5. The fourth-order valence-electron chi connectivity index (χ4n) is 8.09. The average molecular weight is 962 g/mol. The first kappa shape index (κ1) is 51.0. The van der Waals surface area contributed by atoms with Crippen LogP contribution in [0.3, 0.4) is 0 Å². The Morgan fingerprint density at radius 2 is 1.55 bits per heavy atom. The van der Waals surface area contributed by atoms with Gasteiger partial charge in [0.1, 0.15) is 24.7 Å². The maximum Gasteiger partial charge on any atom is 0.294 e. The number of imide groups is 1. The SMILES string of the molecule is COCC[N+](CCCS(=O)(=O)O)=c1ccc2c(C(C)(C)C)cc(/C=C/C=C3/N(CCCS(=O)(=O)O)c4ccc(S(=O)(=O)O)cc4C3(C)CCCC(=O)NCCN3C(=O)C=CC3=O)oc-2c1. The number of allylic oxidation sites excluding steroid dienone is 3. The monoisotopic (exact) mass is 961 g/mol.